The highest BCUT2D eigenvalue weighted by molar-refractivity contribution is 6.27. The van der Waals surface area contributed by atoms with Crippen LogP contribution in [0.15, 0.2) is 30.3 Å². The SMILES string of the molecule is NCO[B]CC(Cc1ccccc1)C(=O)O. The van der Waals surface area contributed by atoms with Gasteiger partial charge in [0.05, 0.1) is 12.6 Å². The summed E-state index contributed by atoms with van der Waals surface area (Å²) >= 11 is 0. The Morgan fingerprint density at radius 3 is 2.69 bits per heavy atom. The molecule has 1 unspecified atom stereocenters. The molecule has 0 saturated carbocycles. The molecule has 0 spiro atoms. The normalized spacial score (nSPS) is 12.1. The van der Waals surface area contributed by atoms with E-state index < -0.39 is 11.9 Å². The highest BCUT2D eigenvalue weighted by Crippen LogP contribution is 2.12. The number of hydrogen-bond acceptors (Lipinski definition) is 3. The predicted octanol–water partition coefficient (Wildman–Crippen LogP) is 0.900. The molecule has 1 aromatic rings. The van der Waals surface area contributed by atoms with E-state index in [4.69, 9.17) is 15.5 Å². The highest BCUT2D eigenvalue weighted by Gasteiger charge is 2.18. The second-order valence-electron chi connectivity index (χ2n) is 3.46. The molecule has 0 aliphatic carbocycles. The van der Waals surface area contributed by atoms with Crippen molar-refractivity contribution in [1.82, 2.24) is 0 Å². The Morgan fingerprint density at radius 2 is 2.12 bits per heavy atom. The number of carboxylic acid groups (broad SMARTS) is 1. The van der Waals surface area contributed by atoms with Crippen LogP contribution in [0.1, 0.15) is 5.56 Å². The summed E-state index contributed by atoms with van der Waals surface area (Å²) in [6.45, 7) is 0.0810. The lowest BCUT2D eigenvalue weighted by atomic mass is 9.82. The number of nitrogens with two attached hydrogens (primary N) is 1. The van der Waals surface area contributed by atoms with Gasteiger partial charge in [0, 0.05) is 0 Å². The summed E-state index contributed by atoms with van der Waals surface area (Å²) in [7, 11) is 1.46. The Hall–Kier alpha value is -1.33. The summed E-state index contributed by atoms with van der Waals surface area (Å²) in [5.41, 5.74) is 6.15. The largest absolute Gasteiger partial charge is 0.481 e. The molecule has 16 heavy (non-hydrogen) atoms. The van der Waals surface area contributed by atoms with Crippen molar-refractivity contribution in [2.75, 3.05) is 6.73 Å². The van der Waals surface area contributed by atoms with E-state index in [0.717, 1.165) is 5.56 Å². The van der Waals surface area contributed by atoms with E-state index in [1.807, 2.05) is 30.3 Å². The van der Waals surface area contributed by atoms with Gasteiger partial charge in [-0.05, 0) is 18.3 Å². The molecule has 85 valence electrons. The maximum atomic E-state index is 11.0. The Morgan fingerprint density at radius 1 is 1.44 bits per heavy atom. The summed E-state index contributed by atoms with van der Waals surface area (Å²) in [6, 6.07) is 9.53. The van der Waals surface area contributed by atoms with Crippen molar-refractivity contribution in [3.63, 3.8) is 0 Å². The number of carbonyl (C=O) groups is 1. The standard InChI is InChI=1S/C11H15BNO3/c13-8-16-12-7-10(11(14)15)6-9-4-2-1-3-5-9/h1-5,10H,6-8,13H2,(H,14,15). The number of carboxylic acids is 1. The van der Waals surface area contributed by atoms with Gasteiger partial charge in [0.25, 0.3) is 7.48 Å². The molecule has 0 bridgehead atoms. The minimum atomic E-state index is -0.819. The summed E-state index contributed by atoms with van der Waals surface area (Å²) in [5.74, 6) is -1.28. The predicted molar refractivity (Wildman–Crippen MR) is 62.0 cm³/mol. The monoisotopic (exact) mass is 220 g/mol. The van der Waals surface area contributed by atoms with Crippen molar-refractivity contribution in [3.05, 3.63) is 35.9 Å². The fraction of sp³-hybridized carbons (Fsp3) is 0.364. The average Bonchev–Trinajstić information content (AvgIpc) is 2.29. The quantitative estimate of drug-likeness (QED) is 0.406. The summed E-state index contributed by atoms with van der Waals surface area (Å²) < 4.78 is 4.84. The smallest absolute Gasteiger partial charge is 0.306 e. The molecule has 1 atom stereocenters. The van der Waals surface area contributed by atoms with Crippen LogP contribution < -0.4 is 5.73 Å². The fourth-order valence-corrected chi connectivity index (χ4v) is 1.42. The molecule has 0 aliphatic heterocycles. The molecule has 0 aliphatic rings. The summed E-state index contributed by atoms with van der Waals surface area (Å²) in [5, 5.41) is 9.03. The molecule has 1 rings (SSSR count). The maximum absolute atomic E-state index is 11.0. The van der Waals surface area contributed by atoms with Gasteiger partial charge in [-0.2, -0.15) is 0 Å². The molecule has 0 saturated heterocycles. The first-order chi connectivity index (χ1) is 7.74. The Kier molecular flexibility index (Phi) is 5.60. The van der Waals surface area contributed by atoms with Crippen molar-refractivity contribution in [3.8, 4) is 0 Å². The van der Waals surface area contributed by atoms with Crippen molar-refractivity contribution in [1.29, 1.82) is 0 Å². The van der Waals surface area contributed by atoms with E-state index in [-0.39, 0.29) is 6.73 Å². The molecule has 5 heteroatoms. The zero-order chi connectivity index (χ0) is 11.8. The van der Waals surface area contributed by atoms with E-state index >= 15 is 0 Å². The second kappa shape index (κ2) is 7.03. The van der Waals surface area contributed by atoms with Gasteiger partial charge in [0.2, 0.25) is 0 Å². The number of rotatable bonds is 7. The van der Waals surface area contributed by atoms with Gasteiger partial charge in [0.1, 0.15) is 0 Å². The molecule has 1 aromatic carbocycles. The van der Waals surface area contributed by atoms with Crippen LogP contribution in [0, 0.1) is 5.92 Å². The van der Waals surface area contributed by atoms with Gasteiger partial charge in [-0.15, -0.1) is 0 Å². The van der Waals surface area contributed by atoms with E-state index in [2.05, 4.69) is 0 Å². The highest BCUT2D eigenvalue weighted by atomic mass is 16.4. The number of aliphatic carboxylic acids is 1. The van der Waals surface area contributed by atoms with Crippen molar-refractivity contribution < 1.29 is 14.6 Å². The van der Waals surface area contributed by atoms with Crippen LogP contribution in [0.4, 0.5) is 0 Å². The van der Waals surface area contributed by atoms with Crippen LogP contribution >= 0.6 is 0 Å². The molecule has 0 fully saturated rings. The van der Waals surface area contributed by atoms with E-state index in [1.165, 1.54) is 7.48 Å². The third-order valence-corrected chi connectivity index (χ3v) is 2.27. The first kappa shape index (κ1) is 12.7. The molecule has 4 nitrogen and oxygen atoms in total. The summed E-state index contributed by atoms with van der Waals surface area (Å²) in [4.78, 5) is 11.0. The van der Waals surface area contributed by atoms with Crippen molar-refractivity contribution >= 4 is 13.5 Å². The van der Waals surface area contributed by atoms with Gasteiger partial charge in [0.15, 0.2) is 0 Å². The minimum Gasteiger partial charge on any atom is -0.481 e. The molecular formula is C11H15BNO3. The minimum absolute atomic E-state index is 0.0810. The second-order valence-corrected chi connectivity index (χ2v) is 3.46. The molecule has 3 N–H and O–H groups in total. The Labute approximate surface area is 95.7 Å². The third kappa shape index (κ3) is 4.46. The van der Waals surface area contributed by atoms with E-state index in [1.54, 1.807) is 0 Å². The topological polar surface area (TPSA) is 72.5 Å². The zero-order valence-electron chi connectivity index (χ0n) is 9.00. The fourth-order valence-electron chi connectivity index (χ4n) is 1.42. The van der Waals surface area contributed by atoms with Gasteiger partial charge in [-0.3, -0.25) is 4.79 Å². The maximum Gasteiger partial charge on any atom is 0.306 e. The Balaban J connectivity index is 2.48. The molecule has 0 aromatic heterocycles. The van der Waals surface area contributed by atoms with Gasteiger partial charge >= 0.3 is 5.97 Å². The van der Waals surface area contributed by atoms with Crippen LogP contribution in [-0.4, -0.2) is 25.3 Å². The van der Waals surface area contributed by atoms with E-state index in [9.17, 15) is 4.79 Å². The van der Waals surface area contributed by atoms with Gasteiger partial charge < -0.3 is 15.5 Å². The third-order valence-electron chi connectivity index (χ3n) is 2.27. The molecule has 0 amide bonds. The average molecular weight is 220 g/mol. The van der Waals surface area contributed by atoms with Gasteiger partial charge in [-0.25, -0.2) is 0 Å². The molecular weight excluding hydrogens is 205 g/mol. The molecule has 0 heterocycles. The lowest BCUT2D eigenvalue weighted by Gasteiger charge is -2.11. The molecule has 1 radical (unpaired) electrons. The number of benzene rings is 1. The zero-order valence-corrected chi connectivity index (χ0v) is 9.00. The van der Waals surface area contributed by atoms with Crippen LogP contribution in [0.3, 0.4) is 0 Å². The summed E-state index contributed by atoms with van der Waals surface area (Å²) in [6.07, 6.45) is 0.863. The van der Waals surface area contributed by atoms with Crippen LogP contribution in [0.2, 0.25) is 6.32 Å². The van der Waals surface area contributed by atoms with E-state index in [0.29, 0.717) is 12.7 Å². The van der Waals surface area contributed by atoms with Crippen LogP contribution in [0.25, 0.3) is 0 Å². The first-order valence-electron chi connectivity index (χ1n) is 5.14. The van der Waals surface area contributed by atoms with Crippen molar-refractivity contribution in [2.24, 2.45) is 11.7 Å². The lowest BCUT2D eigenvalue weighted by molar-refractivity contribution is -0.141. The van der Waals surface area contributed by atoms with Crippen LogP contribution in [0.5, 0.6) is 0 Å². The first-order valence-corrected chi connectivity index (χ1v) is 5.14. The Bertz CT molecular complexity index is 318. The number of hydrogen-bond donors (Lipinski definition) is 2. The lowest BCUT2D eigenvalue weighted by Crippen LogP contribution is -2.20. The van der Waals surface area contributed by atoms with Crippen LogP contribution in [-0.2, 0) is 15.9 Å². The van der Waals surface area contributed by atoms with Crippen molar-refractivity contribution in [2.45, 2.75) is 12.7 Å². The van der Waals surface area contributed by atoms with Gasteiger partial charge in [-0.1, -0.05) is 30.3 Å².